The van der Waals surface area contributed by atoms with Gasteiger partial charge in [0, 0.05) is 17.9 Å². The summed E-state index contributed by atoms with van der Waals surface area (Å²) < 4.78 is 0. The van der Waals surface area contributed by atoms with E-state index in [1.807, 2.05) is 13.1 Å². The second-order valence-corrected chi connectivity index (χ2v) is 5.90. The van der Waals surface area contributed by atoms with Gasteiger partial charge in [0.25, 0.3) is 0 Å². The number of hydrogen-bond donors (Lipinski definition) is 2. The van der Waals surface area contributed by atoms with Gasteiger partial charge >= 0.3 is 0 Å². The standard InChI is InChI=1S/C15H25N3/c1-10-4-5-13(8-11(10)2)15(18-16)14-6-7-17-12(3)9-14/h6-7,9-11,13,15,18H,4-5,8,16H2,1-3H3. The first kappa shape index (κ1) is 13.5. The average molecular weight is 247 g/mol. The Morgan fingerprint density at radius 1 is 1.33 bits per heavy atom. The highest BCUT2D eigenvalue weighted by Gasteiger charge is 2.30. The highest BCUT2D eigenvalue weighted by molar-refractivity contribution is 5.20. The molecule has 18 heavy (non-hydrogen) atoms. The van der Waals surface area contributed by atoms with E-state index in [1.165, 1.54) is 24.8 Å². The van der Waals surface area contributed by atoms with Crippen molar-refractivity contribution in [2.45, 2.75) is 46.1 Å². The molecule has 1 aromatic rings. The molecule has 1 aromatic heterocycles. The number of aryl methyl sites for hydroxylation is 1. The minimum absolute atomic E-state index is 0.265. The van der Waals surface area contributed by atoms with Crippen LogP contribution in [0.15, 0.2) is 18.3 Å². The van der Waals surface area contributed by atoms with Gasteiger partial charge in [-0.1, -0.05) is 20.3 Å². The minimum Gasteiger partial charge on any atom is -0.271 e. The van der Waals surface area contributed by atoms with Crippen LogP contribution < -0.4 is 11.3 Å². The lowest BCUT2D eigenvalue weighted by Crippen LogP contribution is -2.37. The summed E-state index contributed by atoms with van der Waals surface area (Å²) in [5.74, 6) is 8.08. The fourth-order valence-electron chi connectivity index (χ4n) is 3.16. The molecule has 0 saturated heterocycles. The van der Waals surface area contributed by atoms with Crippen molar-refractivity contribution in [2.24, 2.45) is 23.6 Å². The van der Waals surface area contributed by atoms with E-state index in [0.29, 0.717) is 5.92 Å². The number of nitrogens with one attached hydrogen (secondary N) is 1. The summed E-state index contributed by atoms with van der Waals surface area (Å²) >= 11 is 0. The maximum absolute atomic E-state index is 5.80. The van der Waals surface area contributed by atoms with E-state index in [0.717, 1.165) is 17.5 Å². The van der Waals surface area contributed by atoms with Crippen molar-refractivity contribution in [1.29, 1.82) is 0 Å². The molecule has 0 aromatic carbocycles. The highest BCUT2D eigenvalue weighted by Crippen LogP contribution is 2.39. The molecular weight excluding hydrogens is 222 g/mol. The summed E-state index contributed by atoms with van der Waals surface area (Å²) in [5, 5.41) is 0. The topological polar surface area (TPSA) is 50.9 Å². The summed E-state index contributed by atoms with van der Waals surface area (Å²) in [6, 6.07) is 4.50. The monoisotopic (exact) mass is 247 g/mol. The largest absolute Gasteiger partial charge is 0.271 e. The lowest BCUT2D eigenvalue weighted by Gasteiger charge is -2.36. The zero-order chi connectivity index (χ0) is 13.1. The maximum atomic E-state index is 5.80. The molecule has 1 heterocycles. The summed E-state index contributed by atoms with van der Waals surface area (Å²) in [4.78, 5) is 4.26. The van der Waals surface area contributed by atoms with Gasteiger partial charge in [-0.15, -0.1) is 0 Å². The normalized spacial score (nSPS) is 30.1. The lowest BCUT2D eigenvalue weighted by atomic mass is 9.72. The first-order valence-electron chi connectivity index (χ1n) is 7.00. The van der Waals surface area contributed by atoms with E-state index in [1.54, 1.807) is 0 Å². The number of aromatic nitrogens is 1. The summed E-state index contributed by atoms with van der Waals surface area (Å²) in [6.07, 6.45) is 5.72. The van der Waals surface area contributed by atoms with Crippen molar-refractivity contribution in [3.8, 4) is 0 Å². The number of pyridine rings is 1. The van der Waals surface area contributed by atoms with Gasteiger partial charge < -0.3 is 0 Å². The molecule has 0 spiro atoms. The van der Waals surface area contributed by atoms with Crippen LogP contribution in [0.5, 0.6) is 0 Å². The Kier molecular flexibility index (Phi) is 4.36. The van der Waals surface area contributed by atoms with Gasteiger partial charge in [0.15, 0.2) is 0 Å². The molecule has 1 saturated carbocycles. The summed E-state index contributed by atoms with van der Waals surface area (Å²) in [5.41, 5.74) is 5.36. The van der Waals surface area contributed by atoms with Crippen LogP contribution in [0, 0.1) is 24.7 Å². The molecule has 1 aliphatic carbocycles. The number of hydrazine groups is 1. The predicted molar refractivity (Wildman–Crippen MR) is 74.7 cm³/mol. The van der Waals surface area contributed by atoms with Gasteiger partial charge in [-0.3, -0.25) is 16.3 Å². The molecule has 0 aliphatic heterocycles. The van der Waals surface area contributed by atoms with Gasteiger partial charge in [0.2, 0.25) is 0 Å². The third kappa shape index (κ3) is 2.90. The lowest BCUT2D eigenvalue weighted by molar-refractivity contribution is 0.171. The Morgan fingerprint density at radius 3 is 2.72 bits per heavy atom. The number of nitrogens with zero attached hydrogens (tertiary/aromatic N) is 1. The van der Waals surface area contributed by atoms with Crippen molar-refractivity contribution < 1.29 is 0 Å². The van der Waals surface area contributed by atoms with Crippen LogP contribution in [0.2, 0.25) is 0 Å². The molecule has 2 rings (SSSR count). The fraction of sp³-hybridized carbons (Fsp3) is 0.667. The number of rotatable bonds is 3. The molecule has 1 aliphatic rings. The molecule has 3 nitrogen and oxygen atoms in total. The molecule has 0 bridgehead atoms. The van der Waals surface area contributed by atoms with E-state index in [4.69, 9.17) is 5.84 Å². The average Bonchev–Trinajstić information content (AvgIpc) is 2.35. The third-order valence-corrected chi connectivity index (χ3v) is 4.57. The molecule has 100 valence electrons. The first-order valence-corrected chi connectivity index (χ1v) is 7.00. The van der Waals surface area contributed by atoms with Crippen molar-refractivity contribution in [3.05, 3.63) is 29.6 Å². The molecule has 0 radical (unpaired) electrons. The summed E-state index contributed by atoms with van der Waals surface area (Å²) in [7, 11) is 0. The molecule has 3 heteroatoms. The molecule has 4 unspecified atom stereocenters. The van der Waals surface area contributed by atoms with Gasteiger partial charge in [-0.25, -0.2) is 0 Å². The van der Waals surface area contributed by atoms with E-state index in [2.05, 4.69) is 36.4 Å². The first-order chi connectivity index (χ1) is 8.61. The molecular formula is C15H25N3. The fourth-order valence-corrected chi connectivity index (χ4v) is 3.16. The molecule has 3 N–H and O–H groups in total. The Hall–Kier alpha value is -0.930. The van der Waals surface area contributed by atoms with Crippen LogP contribution >= 0.6 is 0 Å². The Morgan fingerprint density at radius 2 is 2.11 bits per heavy atom. The number of hydrogen-bond acceptors (Lipinski definition) is 3. The predicted octanol–water partition coefficient (Wildman–Crippen LogP) is 2.97. The van der Waals surface area contributed by atoms with Gasteiger partial charge in [0.1, 0.15) is 0 Å². The van der Waals surface area contributed by atoms with Crippen molar-refractivity contribution in [2.75, 3.05) is 0 Å². The van der Waals surface area contributed by atoms with Crippen LogP contribution in [-0.4, -0.2) is 4.98 Å². The van der Waals surface area contributed by atoms with E-state index >= 15 is 0 Å². The van der Waals surface area contributed by atoms with E-state index in [9.17, 15) is 0 Å². The zero-order valence-corrected chi connectivity index (χ0v) is 11.7. The summed E-state index contributed by atoms with van der Waals surface area (Å²) in [6.45, 7) is 6.76. The van der Waals surface area contributed by atoms with Crippen molar-refractivity contribution in [3.63, 3.8) is 0 Å². The second-order valence-electron chi connectivity index (χ2n) is 5.90. The van der Waals surface area contributed by atoms with E-state index in [-0.39, 0.29) is 6.04 Å². The molecule has 1 fully saturated rings. The van der Waals surface area contributed by atoms with E-state index < -0.39 is 0 Å². The smallest absolute Gasteiger partial charge is 0.0489 e. The van der Waals surface area contributed by atoms with Crippen LogP contribution in [0.1, 0.15) is 50.4 Å². The third-order valence-electron chi connectivity index (χ3n) is 4.57. The molecule has 0 amide bonds. The maximum Gasteiger partial charge on any atom is 0.0489 e. The van der Waals surface area contributed by atoms with Gasteiger partial charge in [0.05, 0.1) is 0 Å². The zero-order valence-electron chi connectivity index (χ0n) is 11.7. The van der Waals surface area contributed by atoms with Crippen LogP contribution in [0.4, 0.5) is 0 Å². The van der Waals surface area contributed by atoms with Crippen molar-refractivity contribution >= 4 is 0 Å². The quantitative estimate of drug-likeness (QED) is 0.638. The minimum atomic E-state index is 0.265. The van der Waals surface area contributed by atoms with Crippen molar-refractivity contribution in [1.82, 2.24) is 10.4 Å². The number of nitrogens with two attached hydrogens (primary N) is 1. The van der Waals surface area contributed by atoms with Crippen LogP contribution in [0.3, 0.4) is 0 Å². The van der Waals surface area contributed by atoms with Crippen LogP contribution in [-0.2, 0) is 0 Å². The SMILES string of the molecule is Cc1cc(C(NN)C2CCC(C)C(C)C2)ccn1. The van der Waals surface area contributed by atoms with Crippen LogP contribution in [0.25, 0.3) is 0 Å². The Balaban J connectivity index is 2.14. The van der Waals surface area contributed by atoms with Gasteiger partial charge in [-0.05, 0) is 55.2 Å². The van der Waals surface area contributed by atoms with Gasteiger partial charge in [-0.2, -0.15) is 0 Å². The Labute approximate surface area is 110 Å². The Bertz CT molecular complexity index is 391. The second kappa shape index (κ2) is 5.81. The molecule has 4 atom stereocenters. The highest BCUT2D eigenvalue weighted by atomic mass is 15.2.